The summed E-state index contributed by atoms with van der Waals surface area (Å²) in [6.45, 7) is 9.07. The van der Waals surface area contributed by atoms with Gasteiger partial charge in [0, 0.05) is 10.9 Å². The number of nitrogens with one attached hydrogen (secondary N) is 1. The zero-order valence-corrected chi connectivity index (χ0v) is 13.1. The minimum atomic E-state index is 0.506. The van der Waals surface area contributed by atoms with Crippen molar-refractivity contribution in [1.29, 1.82) is 0 Å². The monoisotopic (exact) mass is 266 g/mol. The van der Waals surface area contributed by atoms with Crippen LogP contribution in [0, 0.1) is 31.6 Å². The van der Waals surface area contributed by atoms with Crippen LogP contribution in [-0.2, 0) is 0 Å². The van der Waals surface area contributed by atoms with Crippen LogP contribution < -0.4 is 5.32 Å². The van der Waals surface area contributed by atoms with E-state index in [1.54, 1.807) is 0 Å². The van der Waals surface area contributed by atoms with E-state index in [4.69, 9.17) is 0 Å². The summed E-state index contributed by atoms with van der Waals surface area (Å²) in [5.74, 6) is 2.52. The number of aryl methyl sites for hydroxylation is 2. The number of hydrogen-bond donors (Lipinski definition) is 1. The van der Waals surface area contributed by atoms with Gasteiger partial charge in [-0.15, -0.1) is 11.3 Å². The van der Waals surface area contributed by atoms with Crippen LogP contribution in [0.4, 0.5) is 0 Å². The third-order valence-corrected chi connectivity index (χ3v) is 5.80. The van der Waals surface area contributed by atoms with E-state index in [-0.39, 0.29) is 0 Å². The van der Waals surface area contributed by atoms with Crippen LogP contribution in [0.1, 0.15) is 54.7 Å². The SMILES string of the molecule is CNC(c1sc(C)nc1C)C1CCC(C)C(C)C1. The van der Waals surface area contributed by atoms with Gasteiger partial charge in [0.25, 0.3) is 0 Å². The fourth-order valence-corrected chi connectivity index (χ4v) is 4.44. The Bertz CT molecular complexity index is 399. The quantitative estimate of drug-likeness (QED) is 0.891. The fourth-order valence-electron chi connectivity index (χ4n) is 3.31. The van der Waals surface area contributed by atoms with Gasteiger partial charge in [0.1, 0.15) is 0 Å². The molecule has 4 unspecified atom stereocenters. The van der Waals surface area contributed by atoms with Crippen molar-refractivity contribution < 1.29 is 0 Å². The molecule has 1 aliphatic rings. The maximum absolute atomic E-state index is 4.59. The summed E-state index contributed by atoms with van der Waals surface area (Å²) >= 11 is 1.87. The van der Waals surface area contributed by atoms with Gasteiger partial charge >= 0.3 is 0 Å². The van der Waals surface area contributed by atoms with Gasteiger partial charge < -0.3 is 5.32 Å². The average Bonchev–Trinajstić information content (AvgIpc) is 2.64. The van der Waals surface area contributed by atoms with E-state index in [0.29, 0.717) is 6.04 Å². The second-order valence-corrected chi connectivity index (χ2v) is 7.21. The Morgan fingerprint density at radius 1 is 1.22 bits per heavy atom. The highest BCUT2D eigenvalue weighted by Gasteiger charge is 2.31. The molecule has 0 amide bonds. The topological polar surface area (TPSA) is 24.9 Å². The summed E-state index contributed by atoms with van der Waals surface area (Å²) in [5, 5.41) is 4.74. The summed E-state index contributed by atoms with van der Waals surface area (Å²) in [6.07, 6.45) is 4.08. The van der Waals surface area contributed by atoms with Crippen molar-refractivity contribution in [3.8, 4) is 0 Å². The first-order valence-corrected chi connectivity index (χ1v) is 7.95. The highest BCUT2D eigenvalue weighted by molar-refractivity contribution is 7.11. The first kappa shape index (κ1) is 14.0. The lowest BCUT2D eigenvalue weighted by atomic mass is 9.73. The van der Waals surface area contributed by atoms with Gasteiger partial charge in [-0.25, -0.2) is 4.98 Å². The summed E-state index contributed by atoms with van der Waals surface area (Å²) in [7, 11) is 2.10. The molecule has 0 radical (unpaired) electrons. The minimum absolute atomic E-state index is 0.506. The maximum Gasteiger partial charge on any atom is 0.0900 e. The highest BCUT2D eigenvalue weighted by atomic mass is 32.1. The molecule has 1 fully saturated rings. The smallest absolute Gasteiger partial charge is 0.0900 e. The lowest BCUT2D eigenvalue weighted by Gasteiger charge is -2.36. The molecule has 102 valence electrons. The van der Waals surface area contributed by atoms with Crippen molar-refractivity contribution in [3.05, 3.63) is 15.6 Å². The molecule has 1 saturated carbocycles. The predicted molar refractivity (Wildman–Crippen MR) is 79.1 cm³/mol. The molecule has 0 aliphatic heterocycles. The van der Waals surface area contributed by atoms with Crippen LogP contribution in [0.5, 0.6) is 0 Å². The summed E-state index contributed by atoms with van der Waals surface area (Å²) in [4.78, 5) is 6.05. The molecule has 2 nitrogen and oxygen atoms in total. The van der Waals surface area contributed by atoms with Gasteiger partial charge in [0.2, 0.25) is 0 Å². The van der Waals surface area contributed by atoms with E-state index >= 15 is 0 Å². The standard InChI is InChI=1S/C15H26N2S/c1-9-6-7-13(8-10(9)2)14(16-5)15-11(3)17-12(4)18-15/h9-10,13-14,16H,6-8H2,1-5H3. The molecule has 2 rings (SSSR count). The molecular formula is C15H26N2S. The molecule has 1 heterocycles. The normalized spacial score (nSPS) is 30.4. The zero-order valence-electron chi connectivity index (χ0n) is 12.3. The highest BCUT2D eigenvalue weighted by Crippen LogP contribution is 2.41. The number of thiazole rings is 1. The number of hydrogen-bond acceptors (Lipinski definition) is 3. The van der Waals surface area contributed by atoms with Crippen molar-refractivity contribution >= 4 is 11.3 Å². The van der Waals surface area contributed by atoms with Crippen LogP contribution >= 0.6 is 11.3 Å². The van der Waals surface area contributed by atoms with Crippen molar-refractivity contribution in [2.45, 2.75) is 53.0 Å². The third kappa shape index (κ3) is 2.77. The van der Waals surface area contributed by atoms with Crippen LogP contribution in [0.15, 0.2) is 0 Å². The van der Waals surface area contributed by atoms with Crippen LogP contribution in [-0.4, -0.2) is 12.0 Å². The fraction of sp³-hybridized carbons (Fsp3) is 0.800. The van der Waals surface area contributed by atoms with Crippen molar-refractivity contribution in [3.63, 3.8) is 0 Å². The van der Waals surface area contributed by atoms with E-state index in [1.165, 1.54) is 34.8 Å². The predicted octanol–water partition coefficient (Wildman–Crippen LogP) is 4.09. The molecule has 1 aromatic rings. The Hall–Kier alpha value is -0.410. The second kappa shape index (κ2) is 5.70. The van der Waals surface area contributed by atoms with Crippen molar-refractivity contribution in [2.75, 3.05) is 7.05 Å². The Kier molecular flexibility index (Phi) is 4.44. The number of rotatable bonds is 3. The van der Waals surface area contributed by atoms with Crippen LogP contribution in [0.3, 0.4) is 0 Å². The van der Waals surface area contributed by atoms with Crippen molar-refractivity contribution in [2.24, 2.45) is 17.8 Å². The molecule has 1 N–H and O–H groups in total. The first-order chi connectivity index (χ1) is 8.52. The van der Waals surface area contributed by atoms with Crippen molar-refractivity contribution in [1.82, 2.24) is 10.3 Å². The van der Waals surface area contributed by atoms with E-state index in [9.17, 15) is 0 Å². The Balaban J connectivity index is 2.16. The summed E-state index contributed by atoms with van der Waals surface area (Å²) in [6, 6.07) is 0.506. The lowest BCUT2D eigenvalue weighted by molar-refractivity contribution is 0.175. The summed E-state index contributed by atoms with van der Waals surface area (Å²) < 4.78 is 0. The molecule has 18 heavy (non-hydrogen) atoms. The van der Waals surface area contributed by atoms with Crippen LogP contribution in [0.2, 0.25) is 0 Å². The molecule has 0 aromatic carbocycles. The Labute approximate surface area is 115 Å². The number of nitrogens with zero attached hydrogens (tertiary/aromatic N) is 1. The van der Waals surface area contributed by atoms with Gasteiger partial charge in [-0.3, -0.25) is 0 Å². The van der Waals surface area contributed by atoms with Gasteiger partial charge in [0.05, 0.1) is 10.7 Å². The molecule has 4 atom stereocenters. The van der Waals surface area contributed by atoms with E-state index in [1.807, 2.05) is 11.3 Å². The Morgan fingerprint density at radius 2 is 1.94 bits per heavy atom. The maximum atomic E-state index is 4.59. The summed E-state index contributed by atoms with van der Waals surface area (Å²) in [5.41, 5.74) is 1.23. The van der Waals surface area contributed by atoms with E-state index in [0.717, 1.165) is 17.8 Å². The molecule has 1 aromatic heterocycles. The lowest BCUT2D eigenvalue weighted by Crippen LogP contribution is -2.31. The van der Waals surface area contributed by atoms with E-state index in [2.05, 4.69) is 45.0 Å². The third-order valence-electron chi connectivity index (χ3n) is 4.64. The largest absolute Gasteiger partial charge is 0.312 e. The molecule has 0 bridgehead atoms. The van der Waals surface area contributed by atoms with Gasteiger partial charge in [0.15, 0.2) is 0 Å². The minimum Gasteiger partial charge on any atom is -0.312 e. The molecule has 1 aliphatic carbocycles. The van der Waals surface area contributed by atoms with Crippen LogP contribution in [0.25, 0.3) is 0 Å². The molecule has 3 heteroatoms. The van der Waals surface area contributed by atoms with Gasteiger partial charge in [-0.1, -0.05) is 20.3 Å². The van der Waals surface area contributed by atoms with Gasteiger partial charge in [-0.2, -0.15) is 0 Å². The zero-order chi connectivity index (χ0) is 13.3. The number of aromatic nitrogens is 1. The van der Waals surface area contributed by atoms with E-state index < -0.39 is 0 Å². The molecule has 0 saturated heterocycles. The van der Waals surface area contributed by atoms with Gasteiger partial charge in [-0.05, 0) is 51.5 Å². The second-order valence-electron chi connectivity index (χ2n) is 5.98. The molecule has 0 spiro atoms. The Morgan fingerprint density at radius 3 is 2.44 bits per heavy atom. The first-order valence-electron chi connectivity index (χ1n) is 7.14. The molecular weight excluding hydrogens is 240 g/mol. The average molecular weight is 266 g/mol.